The van der Waals surface area contributed by atoms with Gasteiger partial charge in [0.15, 0.2) is 0 Å². The quantitative estimate of drug-likeness (QED) is 0.598. The van der Waals surface area contributed by atoms with Crippen LogP contribution in [-0.4, -0.2) is 29.4 Å². The van der Waals surface area contributed by atoms with Crippen LogP contribution in [0, 0.1) is 0 Å². The average molecular weight is 450 g/mol. The van der Waals surface area contributed by atoms with Crippen molar-refractivity contribution in [3.05, 3.63) is 51.7 Å². The normalized spacial score (nSPS) is 15.6. The molecule has 0 bridgehead atoms. The molecule has 0 saturated carbocycles. The highest BCUT2D eigenvalue weighted by Crippen LogP contribution is 2.36. The number of sulfonamides is 1. The molecular weight excluding hydrogens is 439 g/mol. The third-order valence-electron chi connectivity index (χ3n) is 4.17. The van der Waals surface area contributed by atoms with Gasteiger partial charge >= 0.3 is 12.1 Å². The zero-order valence-electron chi connectivity index (χ0n) is 13.9. The molecule has 4 rings (SSSR count). The van der Waals surface area contributed by atoms with E-state index >= 15 is 0 Å². The number of thiophene rings is 1. The Bertz CT molecular complexity index is 1120. The predicted molar refractivity (Wildman–Crippen MR) is 95.4 cm³/mol. The summed E-state index contributed by atoms with van der Waals surface area (Å²) < 4.78 is 69.1. The Balaban J connectivity index is 1.60. The molecule has 0 fully saturated rings. The van der Waals surface area contributed by atoms with Crippen LogP contribution in [0.3, 0.4) is 0 Å². The highest BCUT2D eigenvalue weighted by atomic mass is 35.5. The Morgan fingerprint density at radius 2 is 1.93 bits per heavy atom. The zero-order chi connectivity index (χ0) is 20.1. The molecule has 1 aliphatic heterocycles. The van der Waals surface area contributed by atoms with Crippen molar-refractivity contribution >= 4 is 33.0 Å². The molecule has 0 spiro atoms. The van der Waals surface area contributed by atoms with Crippen molar-refractivity contribution < 1.29 is 26.1 Å². The van der Waals surface area contributed by atoms with Crippen molar-refractivity contribution in [1.82, 2.24) is 14.4 Å². The minimum atomic E-state index is -4.72. The first-order valence-electron chi connectivity index (χ1n) is 7.93. The SMILES string of the molecule is O=S(=O)(c1ccc(Cl)cc1)N1CCc2sc(-c3noc(C(F)(F)F)n3)cc2C1. The van der Waals surface area contributed by atoms with Crippen LogP contribution in [0.25, 0.3) is 10.7 Å². The maximum Gasteiger partial charge on any atom is 0.471 e. The molecule has 0 amide bonds. The molecule has 1 aliphatic rings. The molecule has 6 nitrogen and oxygen atoms in total. The maximum atomic E-state index is 12.8. The van der Waals surface area contributed by atoms with E-state index in [9.17, 15) is 21.6 Å². The summed E-state index contributed by atoms with van der Waals surface area (Å²) in [5.74, 6) is -1.58. The van der Waals surface area contributed by atoms with Gasteiger partial charge in [-0.1, -0.05) is 16.8 Å². The van der Waals surface area contributed by atoms with Crippen molar-refractivity contribution in [2.24, 2.45) is 0 Å². The van der Waals surface area contributed by atoms with Crippen molar-refractivity contribution in [3.63, 3.8) is 0 Å². The monoisotopic (exact) mass is 449 g/mol. The molecule has 0 unspecified atom stereocenters. The van der Waals surface area contributed by atoms with E-state index in [0.29, 0.717) is 21.9 Å². The van der Waals surface area contributed by atoms with E-state index < -0.39 is 22.1 Å². The molecule has 2 aromatic heterocycles. The fourth-order valence-electron chi connectivity index (χ4n) is 2.82. The molecule has 1 aromatic carbocycles. The van der Waals surface area contributed by atoms with Gasteiger partial charge in [0.25, 0.3) is 0 Å². The summed E-state index contributed by atoms with van der Waals surface area (Å²) in [6.45, 7) is 0.374. The molecular formula is C16H11ClF3N3O3S2. The Morgan fingerprint density at radius 1 is 1.21 bits per heavy atom. The minimum absolute atomic E-state index is 0.112. The fraction of sp³-hybridized carbons (Fsp3) is 0.250. The number of rotatable bonds is 3. The van der Waals surface area contributed by atoms with Crippen LogP contribution in [-0.2, 0) is 29.2 Å². The summed E-state index contributed by atoms with van der Waals surface area (Å²) in [6.07, 6.45) is -4.28. The fourth-order valence-corrected chi connectivity index (χ4v) is 5.45. The van der Waals surface area contributed by atoms with Gasteiger partial charge in [0, 0.05) is 23.0 Å². The molecule has 0 aliphatic carbocycles. The lowest BCUT2D eigenvalue weighted by Crippen LogP contribution is -2.35. The maximum absolute atomic E-state index is 12.8. The van der Waals surface area contributed by atoms with E-state index in [0.717, 1.165) is 4.88 Å². The van der Waals surface area contributed by atoms with Crippen LogP contribution in [0.15, 0.2) is 39.8 Å². The van der Waals surface area contributed by atoms with Crippen molar-refractivity contribution in [2.45, 2.75) is 24.0 Å². The van der Waals surface area contributed by atoms with Crippen molar-refractivity contribution in [1.29, 1.82) is 0 Å². The van der Waals surface area contributed by atoms with Gasteiger partial charge in [0.05, 0.1) is 9.77 Å². The highest BCUT2D eigenvalue weighted by molar-refractivity contribution is 7.89. The number of aromatic nitrogens is 2. The molecule has 148 valence electrons. The van der Waals surface area contributed by atoms with Gasteiger partial charge < -0.3 is 4.52 Å². The lowest BCUT2D eigenvalue weighted by Gasteiger charge is -2.26. The summed E-state index contributed by atoms with van der Waals surface area (Å²) in [4.78, 5) is 4.79. The zero-order valence-corrected chi connectivity index (χ0v) is 16.3. The van der Waals surface area contributed by atoms with E-state index in [4.69, 9.17) is 11.6 Å². The van der Waals surface area contributed by atoms with Gasteiger partial charge in [-0.2, -0.15) is 22.5 Å². The number of alkyl halides is 3. The summed E-state index contributed by atoms with van der Waals surface area (Å²) in [5, 5.41) is 3.81. The van der Waals surface area contributed by atoms with E-state index in [1.807, 2.05) is 0 Å². The first-order chi connectivity index (χ1) is 13.1. The van der Waals surface area contributed by atoms with E-state index in [-0.39, 0.29) is 23.8 Å². The molecule has 12 heteroatoms. The van der Waals surface area contributed by atoms with Gasteiger partial charge in [-0.3, -0.25) is 0 Å². The summed E-state index contributed by atoms with van der Waals surface area (Å²) >= 11 is 7.04. The molecule has 28 heavy (non-hydrogen) atoms. The van der Waals surface area contributed by atoms with Crippen LogP contribution < -0.4 is 0 Å². The van der Waals surface area contributed by atoms with Gasteiger partial charge in [-0.05, 0) is 42.3 Å². The number of nitrogens with zero attached hydrogens (tertiary/aromatic N) is 3. The standard InChI is InChI=1S/C16H11ClF3N3O3S2/c17-10-1-3-11(4-2-10)28(24,25)23-6-5-12-9(8-23)7-13(27-12)14-21-15(26-22-14)16(18,19)20/h1-4,7H,5-6,8H2. The molecule has 3 heterocycles. The summed E-state index contributed by atoms with van der Waals surface area (Å²) in [6, 6.07) is 7.48. The number of benzene rings is 1. The Hall–Kier alpha value is -1.95. The lowest BCUT2D eigenvalue weighted by molar-refractivity contribution is -0.159. The second-order valence-electron chi connectivity index (χ2n) is 6.02. The van der Waals surface area contributed by atoms with Crippen LogP contribution in [0.1, 0.15) is 16.3 Å². The third-order valence-corrected chi connectivity index (χ3v) is 7.52. The largest absolute Gasteiger partial charge is 0.471 e. The van der Waals surface area contributed by atoms with Gasteiger partial charge in [0.2, 0.25) is 15.8 Å². The highest BCUT2D eigenvalue weighted by Gasteiger charge is 2.39. The number of halogens is 4. The van der Waals surface area contributed by atoms with Crippen LogP contribution in [0.5, 0.6) is 0 Å². The van der Waals surface area contributed by atoms with Gasteiger partial charge in [-0.15, -0.1) is 11.3 Å². The van der Waals surface area contributed by atoms with Crippen molar-refractivity contribution in [3.8, 4) is 10.7 Å². The van der Waals surface area contributed by atoms with Crippen molar-refractivity contribution in [2.75, 3.05) is 6.54 Å². The molecule has 0 saturated heterocycles. The minimum Gasteiger partial charge on any atom is -0.329 e. The van der Waals surface area contributed by atoms with Gasteiger partial charge in [-0.25, -0.2) is 8.42 Å². The number of fused-ring (bicyclic) bond motifs is 1. The Morgan fingerprint density at radius 3 is 2.57 bits per heavy atom. The second-order valence-corrected chi connectivity index (χ2v) is 9.53. The molecule has 0 atom stereocenters. The first kappa shape index (κ1) is 19.4. The van der Waals surface area contributed by atoms with Crippen LogP contribution >= 0.6 is 22.9 Å². The van der Waals surface area contributed by atoms with Gasteiger partial charge in [0.1, 0.15) is 0 Å². The topological polar surface area (TPSA) is 76.3 Å². The van der Waals surface area contributed by atoms with Crippen LogP contribution in [0.2, 0.25) is 5.02 Å². The summed E-state index contributed by atoms with van der Waals surface area (Å²) in [7, 11) is -3.71. The smallest absolute Gasteiger partial charge is 0.329 e. The second kappa shape index (κ2) is 6.83. The van der Waals surface area contributed by atoms with Crippen LogP contribution in [0.4, 0.5) is 13.2 Å². The number of hydrogen-bond donors (Lipinski definition) is 0. The van der Waals surface area contributed by atoms with E-state index in [1.54, 1.807) is 6.07 Å². The summed E-state index contributed by atoms with van der Waals surface area (Å²) in [5.41, 5.74) is 0.710. The predicted octanol–water partition coefficient (Wildman–Crippen LogP) is 4.22. The van der Waals surface area contributed by atoms with E-state index in [1.165, 1.54) is 39.9 Å². The Kier molecular flexibility index (Phi) is 4.73. The third kappa shape index (κ3) is 3.54. The number of hydrogen-bond acceptors (Lipinski definition) is 6. The Labute approximate surface area is 166 Å². The first-order valence-corrected chi connectivity index (χ1v) is 10.6. The van der Waals surface area contributed by atoms with E-state index in [2.05, 4.69) is 14.7 Å². The lowest BCUT2D eigenvalue weighted by atomic mass is 10.1. The molecule has 3 aromatic rings. The molecule has 0 radical (unpaired) electrons. The average Bonchev–Trinajstić information content (AvgIpc) is 3.28. The molecule has 0 N–H and O–H groups in total.